The van der Waals surface area contributed by atoms with Crippen LogP contribution in [0.1, 0.15) is 20.8 Å². The van der Waals surface area contributed by atoms with Crippen LogP contribution in [0, 0.1) is 5.92 Å². The molecule has 0 aliphatic carbocycles. The molecule has 2 aliphatic rings. The second-order valence-electron chi connectivity index (χ2n) is 5.50. The first-order chi connectivity index (χ1) is 11.6. The molecule has 0 saturated carbocycles. The van der Waals surface area contributed by atoms with Crippen LogP contribution in [0.3, 0.4) is 0 Å². The van der Waals surface area contributed by atoms with Crippen molar-refractivity contribution in [2.24, 2.45) is 5.92 Å². The number of hydrogen-bond donors (Lipinski definition) is 4. The molecule has 0 unspecified atom stereocenters. The molecule has 2 aliphatic heterocycles. The van der Waals surface area contributed by atoms with Crippen LogP contribution in [0.15, 0.2) is 10.8 Å². The minimum Gasteiger partial charge on any atom is -0.449 e. The zero-order valence-electron chi connectivity index (χ0n) is 13.7. The molecule has 0 spiro atoms. The number of nitrogens with zero attached hydrogens (tertiary/aromatic N) is 2. The number of carboxylic acid groups (broad SMARTS) is 1. The molecule has 3 atom stereocenters. The van der Waals surface area contributed by atoms with E-state index in [1.807, 2.05) is 0 Å². The largest absolute Gasteiger partial charge is 0.512 e. The zero-order chi connectivity index (χ0) is 18.9. The third-order valence-corrected chi connectivity index (χ3v) is 4.73. The van der Waals surface area contributed by atoms with E-state index in [9.17, 15) is 24.3 Å². The summed E-state index contributed by atoms with van der Waals surface area (Å²) in [6, 6.07) is 0. The Morgan fingerprint density at radius 2 is 1.88 bits per heavy atom. The second kappa shape index (κ2) is 7.29. The third-order valence-electron chi connectivity index (χ3n) is 3.39. The van der Waals surface area contributed by atoms with E-state index in [0.29, 0.717) is 4.91 Å². The number of amides is 3. The van der Waals surface area contributed by atoms with Gasteiger partial charge in [0.2, 0.25) is 23.6 Å². The fraction of sp³-hybridized carbons (Fsp3) is 0.538. The Kier molecular flexibility index (Phi) is 5.55. The van der Waals surface area contributed by atoms with E-state index in [1.165, 1.54) is 20.8 Å². The van der Waals surface area contributed by atoms with Gasteiger partial charge in [0.05, 0.1) is 23.5 Å². The molecule has 1 saturated heterocycles. The summed E-state index contributed by atoms with van der Waals surface area (Å²) >= 11 is 1.13. The van der Waals surface area contributed by atoms with Gasteiger partial charge in [-0.1, -0.05) is 11.8 Å². The van der Waals surface area contributed by atoms with Crippen LogP contribution in [-0.4, -0.2) is 62.1 Å². The van der Waals surface area contributed by atoms with Gasteiger partial charge in [-0.25, -0.2) is 4.79 Å². The topological polar surface area (TPSA) is 149 Å². The molecule has 0 bridgehead atoms. The van der Waals surface area contributed by atoms with E-state index in [1.54, 1.807) is 0 Å². The summed E-state index contributed by atoms with van der Waals surface area (Å²) in [5.41, 5.74) is 4.73. The number of aliphatic hydroxyl groups excluding tert-OH is 1. The Balaban J connectivity index is 2.24. The van der Waals surface area contributed by atoms with Gasteiger partial charge in [-0.3, -0.25) is 30.1 Å². The minimum atomic E-state index is -1.60. The van der Waals surface area contributed by atoms with Gasteiger partial charge in [-0.15, -0.1) is 5.12 Å². The number of hydrogen-bond acceptors (Lipinski definition) is 8. The van der Waals surface area contributed by atoms with Crippen molar-refractivity contribution in [3.8, 4) is 0 Å². The van der Waals surface area contributed by atoms with Crippen LogP contribution >= 0.6 is 11.8 Å². The molecule has 25 heavy (non-hydrogen) atoms. The Labute approximate surface area is 146 Å². The summed E-state index contributed by atoms with van der Waals surface area (Å²) in [4.78, 5) is 47.1. The summed E-state index contributed by atoms with van der Waals surface area (Å²) < 4.78 is 4.71. The predicted molar refractivity (Wildman–Crippen MR) is 83.9 cm³/mol. The molecule has 1 fully saturated rings. The van der Waals surface area contributed by atoms with Crippen LogP contribution in [0.5, 0.6) is 0 Å². The monoisotopic (exact) mass is 374 g/mol. The van der Waals surface area contributed by atoms with Crippen LogP contribution in [0.4, 0.5) is 4.79 Å². The van der Waals surface area contributed by atoms with Crippen LogP contribution < -0.4 is 10.9 Å². The van der Waals surface area contributed by atoms with Crippen LogP contribution in [0.2, 0.25) is 0 Å². The van der Waals surface area contributed by atoms with Crippen LogP contribution in [-0.2, 0) is 19.1 Å². The van der Waals surface area contributed by atoms with E-state index < -0.39 is 41.3 Å². The average Bonchev–Trinajstić information content (AvgIpc) is 2.69. The van der Waals surface area contributed by atoms with Crippen molar-refractivity contribution in [1.82, 2.24) is 20.9 Å². The zero-order valence-corrected chi connectivity index (χ0v) is 14.5. The van der Waals surface area contributed by atoms with E-state index in [4.69, 9.17) is 9.84 Å². The Morgan fingerprint density at radius 1 is 1.32 bits per heavy atom. The first-order valence-corrected chi connectivity index (χ1v) is 8.13. The first kappa shape index (κ1) is 19.0. The van der Waals surface area contributed by atoms with Crippen molar-refractivity contribution in [3.63, 3.8) is 0 Å². The van der Waals surface area contributed by atoms with Crippen molar-refractivity contribution in [2.45, 2.75) is 32.2 Å². The van der Waals surface area contributed by atoms with E-state index in [0.717, 1.165) is 21.8 Å². The van der Waals surface area contributed by atoms with E-state index >= 15 is 0 Å². The van der Waals surface area contributed by atoms with Gasteiger partial charge in [0.1, 0.15) is 5.37 Å². The van der Waals surface area contributed by atoms with Crippen molar-refractivity contribution < 1.29 is 34.1 Å². The second-order valence-corrected chi connectivity index (χ2v) is 6.71. The fourth-order valence-corrected chi connectivity index (χ4v) is 4.06. The van der Waals surface area contributed by atoms with Gasteiger partial charge in [-0.05, 0) is 6.92 Å². The number of rotatable bonds is 6. The molecular weight excluding hydrogens is 356 g/mol. The molecule has 2 rings (SSSR count). The number of hydrazine groups is 2. The maximum atomic E-state index is 12.2. The number of nitrogens with one attached hydrogen (secondary N) is 2. The number of carbonyl (C=O) groups is 4. The third kappa shape index (κ3) is 4.03. The predicted octanol–water partition coefficient (Wildman–Crippen LogP) is -0.834. The Hall–Kier alpha value is -2.31. The lowest BCUT2D eigenvalue weighted by Gasteiger charge is -2.43. The summed E-state index contributed by atoms with van der Waals surface area (Å²) in [6.45, 7) is 3.82. The molecule has 11 nitrogen and oxygen atoms in total. The molecular formula is C13H18N4O7S. The van der Waals surface area contributed by atoms with Crippen molar-refractivity contribution in [1.29, 1.82) is 0 Å². The van der Waals surface area contributed by atoms with Crippen LogP contribution in [0.25, 0.3) is 0 Å². The molecule has 3 amide bonds. The lowest BCUT2D eigenvalue weighted by molar-refractivity contribution is -0.156. The van der Waals surface area contributed by atoms with Gasteiger partial charge in [0, 0.05) is 13.8 Å². The quantitative estimate of drug-likeness (QED) is 0.265. The van der Waals surface area contributed by atoms with Gasteiger partial charge in [-0.2, -0.15) is 0 Å². The molecule has 12 heteroatoms. The molecule has 4 N–H and O–H groups in total. The number of aliphatic hydroxyl groups is 1. The van der Waals surface area contributed by atoms with E-state index in [2.05, 4.69) is 10.9 Å². The minimum absolute atomic E-state index is 0.126. The van der Waals surface area contributed by atoms with E-state index in [-0.39, 0.29) is 12.4 Å². The number of thioether (sulfide) groups is 1. The van der Waals surface area contributed by atoms with Crippen molar-refractivity contribution in [2.75, 3.05) is 6.54 Å². The smallest absolute Gasteiger partial charge is 0.449 e. The van der Waals surface area contributed by atoms with Gasteiger partial charge >= 0.3 is 6.16 Å². The highest BCUT2D eigenvalue weighted by atomic mass is 32.2. The number of ether oxygens (including phenoxy) is 1. The molecule has 0 aromatic heterocycles. The Bertz CT molecular complexity index is 634. The number of carbonyl (C=O) groups excluding carboxylic acids is 3. The van der Waals surface area contributed by atoms with Gasteiger partial charge < -0.3 is 14.9 Å². The maximum absolute atomic E-state index is 12.2. The standard InChI is InChI=1S/C13H18N4O7S/c1-5(18)9-10(21)17-11(24-13(22)23)8(25-12(9)17)4-16(14-6(2)19)15-7(3)20/h5,9,12,18H,4H2,1-3H3,(H,14,19)(H,15,20)(H,22,23)/t5-,9+,12-/m1/s1. The summed E-state index contributed by atoms with van der Waals surface area (Å²) in [5, 5.41) is 19.2. The van der Waals surface area contributed by atoms with Gasteiger partial charge in [0.15, 0.2) is 0 Å². The fourth-order valence-electron chi connectivity index (χ4n) is 2.53. The molecule has 138 valence electrons. The summed E-state index contributed by atoms with van der Waals surface area (Å²) in [7, 11) is 0. The molecule has 2 heterocycles. The van der Waals surface area contributed by atoms with Crippen molar-refractivity contribution in [3.05, 3.63) is 10.8 Å². The lowest BCUT2D eigenvalue weighted by Crippen LogP contribution is -2.60. The maximum Gasteiger partial charge on any atom is 0.512 e. The van der Waals surface area contributed by atoms with Crippen molar-refractivity contribution >= 4 is 35.6 Å². The summed E-state index contributed by atoms with van der Waals surface area (Å²) in [6.07, 6.45) is -2.51. The lowest BCUT2D eigenvalue weighted by atomic mass is 9.93. The molecule has 0 radical (unpaired) electrons. The highest BCUT2D eigenvalue weighted by Gasteiger charge is 2.57. The first-order valence-electron chi connectivity index (χ1n) is 7.25. The SMILES string of the molecule is CC(=O)NN(CC1=C(OC(=O)O)N2C(=O)[C@H]([C@@H](C)O)[C@H]2S1)NC(C)=O. The number of β-lactam (4-membered cyclic amide) rings is 1. The number of fused-ring (bicyclic) bond motifs is 1. The summed E-state index contributed by atoms with van der Waals surface area (Å²) in [5.74, 6) is -2.25. The average molecular weight is 374 g/mol. The highest BCUT2D eigenvalue weighted by molar-refractivity contribution is 8.04. The normalized spacial score (nSPS) is 23.1. The van der Waals surface area contributed by atoms with Gasteiger partial charge in [0.25, 0.3) is 0 Å². The molecule has 0 aromatic carbocycles. The molecule has 0 aromatic rings. The highest BCUT2D eigenvalue weighted by Crippen LogP contribution is 2.50. The Morgan fingerprint density at radius 3 is 2.32 bits per heavy atom.